The Labute approximate surface area is 236 Å². The number of benzene rings is 3. The molecule has 0 atom stereocenters. The zero-order chi connectivity index (χ0) is 28.3. The molecule has 1 aliphatic rings. The summed E-state index contributed by atoms with van der Waals surface area (Å²) in [7, 11) is 3.00. The molecule has 212 valence electrons. The van der Waals surface area contributed by atoms with E-state index in [-0.39, 0.29) is 23.8 Å². The quantitative estimate of drug-likeness (QED) is 0.239. The molecule has 1 fully saturated rings. The predicted molar refractivity (Wildman–Crippen MR) is 152 cm³/mol. The van der Waals surface area contributed by atoms with Gasteiger partial charge in [0.25, 0.3) is 0 Å². The zero-order valence-corrected chi connectivity index (χ0v) is 23.3. The lowest BCUT2D eigenvalue weighted by Gasteiger charge is -2.31. The fraction of sp³-hybridized carbons (Fsp3) is 0.394. The van der Waals surface area contributed by atoms with Crippen molar-refractivity contribution in [2.45, 2.75) is 57.6 Å². The molecule has 1 saturated carbocycles. The van der Waals surface area contributed by atoms with E-state index in [0.717, 1.165) is 54.7 Å². The minimum absolute atomic E-state index is 0.110. The van der Waals surface area contributed by atoms with Crippen molar-refractivity contribution in [3.63, 3.8) is 0 Å². The number of methoxy groups -OCH3 is 2. The van der Waals surface area contributed by atoms with Gasteiger partial charge in [0.05, 0.1) is 25.9 Å². The smallest absolute Gasteiger partial charge is 0.337 e. The average Bonchev–Trinajstić information content (AvgIpc) is 2.98. The van der Waals surface area contributed by atoms with Gasteiger partial charge < -0.3 is 19.1 Å². The van der Waals surface area contributed by atoms with Gasteiger partial charge in [-0.15, -0.1) is 0 Å². The molecule has 1 aliphatic carbocycles. The van der Waals surface area contributed by atoms with Crippen LogP contribution in [0.2, 0.25) is 0 Å². The lowest BCUT2D eigenvalue weighted by Crippen LogP contribution is -2.34. The standard InChI is InChI=1S/C33H38FNO5/c1-38-30-10-3-4-11-31(30)40-29-18-14-25(15-19-29)22-32(36)35(20-6-8-24-7-5-9-28(34)21-24)23-26-12-16-27(17-13-26)33(37)39-2/h3-5,7,9-13,16-17,21,25,29H,6,8,14-15,18-20,22-23H2,1-2H3. The van der Waals surface area contributed by atoms with Gasteiger partial charge in [-0.05, 0) is 92.0 Å². The minimum Gasteiger partial charge on any atom is -0.493 e. The van der Waals surface area contributed by atoms with Crippen molar-refractivity contribution in [1.82, 2.24) is 4.90 Å². The van der Waals surface area contributed by atoms with Gasteiger partial charge in [-0.3, -0.25) is 4.79 Å². The first kappa shape index (κ1) is 29.1. The minimum atomic E-state index is -0.389. The summed E-state index contributed by atoms with van der Waals surface area (Å²) in [5.41, 5.74) is 2.34. The number of carbonyl (C=O) groups is 2. The van der Waals surface area contributed by atoms with Gasteiger partial charge in [-0.25, -0.2) is 9.18 Å². The number of para-hydroxylation sites is 2. The molecule has 7 heteroatoms. The van der Waals surface area contributed by atoms with Crippen LogP contribution in [0.25, 0.3) is 0 Å². The van der Waals surface area contributed by atoms with E-state index >= 15 is 0 Å². The van der Waals surface area contributed by atoms with E-state index in [2.05, 4.69) is 0 Å². The third-order valence-electron chi connectivity index (χ3n) is 7.50. The van der Waals surface area contributed by atoms with Crippen LogP contribution in [0.1, 0.15) is 60.0 Å². The Morgan fingerprint density at radius 1 is 0.875 bits per heavy atom. The number of hydrogen-bond acceptors (Lipinski definition) is 5. The highest BCUT2D eigenvalue weighted by Crippen LogP contribution is 2.33. The number of rotatable bonds is 12. The topological polar surface area (TPSA) is 65.1 Å². The lowest BCUT2D eigenvalue weighted by atomic mass is 9.85. The number of hydrogen-bond donors (Lipinski definition) is 0. The first-order valence-corrected chi connectivity index (χ1v) is 13.9. The van der Waals surface area contributed by atoms with Crippen molar-refractivity contribution < 1.29 is 28.2 Å². The number of aryl methyl sites for hydroxylation is 1. The fourth-order valence-corrected chi connectivity index (χ4v) is 5.27. The molecule has 0 unspecified atom stereocenters. The van der Waals surface area contributed by atoms with Crippen LogP contribution >= 0.6 is 0 Å². The van der Waals surface area contributed by atoms with Crippen LogP contribution in [0.3, 0.4) is 0 Å². The summed E-state index contributed by atoms with van der Waals surface area (Å²) in [6, 6.07) is 21.4. The van der Waals surface area contributed by atoms with Crippen LogP contribution in [0, 0.1) is 11.7 Å². The molecular weight excluding hydrogens is 509 g/mol. The molecule has 4 rings (SSSR count). The third kappa shape index (κ3) is 8.31. The van der Waals surface area contributed by atoms with Gasteiger partial charge in [-0.1, -0.05) is 36.4 Å². The van der Waals surface area contributed by atoms with Crippen molar-refractivity contribution in [3.05, 3.63) is 95.3 Å². The second-order valence-electron chi connectivity index (χ2n) is 10.4. The van der Waals surface area contributed by atoms with E-state index in [1.807, 2.05) is 47.4 Å². The molecule has 0 saturated heterocycles. The molecule has 40 heavy (non-hydrogen) atoms. The second kappa shape index (κ2) is 14.5. The Hall–Kier alpha value is -3.87. The molecule has 0 aliphatic heterocycles. The largest absolute Gasteiger partial charge is 0.493 e. The van der Waals surface area contributed by atoms with Crippen molar-refractivity contribution in [3.8, 4) is 11.5 Å². The first-order chi connectivity index (χ1) is 19.4. The molecule has 0 spiro atoms. The SMILES string of the molecule is COC(=O)c1ccc(CN(CCCc2cccc(F)c2)C(=O)CC2CCC(Oc3ccccc3OC)CC2)cc1. The van der Waals surface area contributed by atoms with E-state index in [1.54, 1.807) is 31.4 Å². The van der Waals surface area contributed by atoms with Gasteiger partial charge in [-0.2, -0.15) is 0 Å². The van der Waals surface area contributed by atoms with Gasteiger partial charge in [0.1, 0.15) is 5.82 Å². The van der Waals surface area contributed by atoms with Crippen LogP contribution < -0.4 is 9.47 Å². The maximum atomic E-state index is 13.6. The van der Waals surface area contributed by atoms with Gasteiger partial charge in [0, 0.05) is 19.5 Å². The van der Waals surface area contributed by atoms with E-state index in [0.29, 0.717) is 37.4 Å². The number of amides is 1. The Morgan fingerprint density at radius 2 is 1.60 bits per heavy atom. The van der Waals surface area contributed by atoms with E-state index in [1.165, 1.54) is 13.2 Å². The second-order valence-corrected chi connectivity index (χ2v) is 10.4. The highest BCUT2D eigenvalue weighted by Gasteiger charge is 2.27. The normalized spacial score (nSPS) is 16.7. The molecule has 0 heterocycles. The van der Waals surface area contributed by atoms with Crippen LogP contribution in [0.4, 0.5) is 4.39 Å². The highest BCUT2D eigenvalue weighted by molar-refractivity contribution is 5.89. The summed E-state index contributed by atoms with van der Waals surface area (Å²) < 4.78 is 30.0. The zero-order valence-electron chi connectivity index (χ0n) is 23.3. The molecule has 0 bridgehead atoms. The maximum Gasteiger partial charge on any atom is 0.337 e. The number of carbonyl (C=O) groups excluding carboxylic acids is 2. The van der Waals surface area contributed by atoms with Crippen molar-refractivity contribution >= 4 is 11.9 Å². The van der Waals surface area contributed by atoms with E-state index in [4.69, 9.17) is 14.2 Å². The highest BCUT2D eigenvalue weighted by atomic mass is 19.1. The van der Waals surface area contributed by atoms with Crippen molar-refractivity contribution in [1.29, 1.82) is 0 Å². The third-order valence-corrected chi connectivity index (χ3v) is 7.50. The van der Waals surface area contributed by atoms with Gasteiger partial charge >= 0.3 is 5.97 Å². The predicted octanol–water partition coefficient (Wildman–Crippen LogP) is 6.61. The first-order valence-electron chi connectivity index (χ1n) is 13.9. The summed E-state index contributed by atoms with van der Waals surface area (Å²) in [4.78, 5) is 27.2. The lowest BCUT2D eigenvalue weighted by molar-refractivity contribution is -0.133. The van der Waals surface area contributed by atoms with Crippen molar-refractivity contribution in [2.75, 3.05) is 20.8 Å². The van der Waals surface area contributed by atoms with Crippen LogP contribution in [-0.4, -0.2) is 43.6 Å². The average molecular weight is 548 g/mol. The summed E-state index contributed by atoms with van der Waals surface area (Å²) >= 11 is 0. The summed E-state index contributed by atoms with van der Waals surface area (Å²) in [5, 5.41) is 0. The Kier molecular flexibility index (Phi) is 10.6. The summed E-state index contributed by atoms with van der Waals surface area (Å²) in [6.07, 6.45) is 5.66. The molecular formula is C33H38FNO5. The van der Waals surface area contributed by atoms with E-state index < -0.39 is 0 Å². The number of halogens is 1. The van der Waals surface area contributed by atoms with Crippen LogP contribution in [0.5, 0.6) is 11.5 Å². The number of nitrogens with zero attached hydrogens (tertiary/aromatic N) is 1. The number of esters is 1. The van der Waals surface area contributed by atoms with Gasteiger partial charge in [0.15, 0.2) is 11.5 Å². The molecule has 3 aromatic rings. The number of ether oxygens (including phenoxy) is 3. The Balaban J connectivity index is 1.34. The summed E-state index contributed by atoms with van der Waals surface area (Å²) in [5.74, 6) is 1.27. The fourth-order valence-electron chi connectivity index (χ4n) is 5.27. The summed E-state index contributed by atoms with van der Waals surface area (Å²) in [6.45, 7) is 1.02. The van der Waals surface area contributed by atoms with Crippen LogP contribution in [0.15, 0.2) is 72.8 Å². The molecule has 0 N–H and O–H groups in total. The molecule has 0 radical (unpaired) electrons. The van der Waals surface area contributed by atoms with Crippen LogP contribution in [-0.2, 0) is 22.5 Å². The van der Waals surface area contributed by atoms with E-state index in [9.17, 15) is 14.0 Å². The molecule has 0 aromatic heterocycles. The van der Waals surface area contributed by atoms with Gasteiger partial charge in [0.2, 0.25) is 5.91 Å². The Bertz CT molecular complexity index is 1250. The molecule has 3 aromatic carbocycles. The maximum absolute atomic E-state index is 13.6. The molecule has 1 amide bonds. The monoisotopic (exact) mass is 547 g/mol. The van der Waals surface area contributed by atoms with Crippen molar-refractivity contribution in [2.24, 2.45) is 5.92 Å². The molecule has 6 nitrogen and oxygen atoms in total. The Morgan fingerprint density at radius 3 is 2.27 bits per heavy atom.